The first-order valence-electron chi connectivity index (χ1n) is 13.7. The molecule has 6 heteroatoms. The monoisotopic (exact) mass is 529 g/mol. The van der Waals surface area contributed by atoms with Gasteiger partial charge in [-0.1, -0.05) is 69.7 Å². The maximum Gasteiger partial charge on any atom is 0.223 e. The van der Waals surface area contributed by atoms with E-state index in [2.05, 4.69) is 71.9 Å². The number of rotatable bonds is 10. The molecule has 0 aliphatic carbocycles. The predicted molar refractivity (Wildman–Crippen MR) is 169 cm³/mol. The normalized spacial score (nSPS) is 11.5. The van der Waals surface area contributed by atoms with Crippen molar-refractivity contribution in [1.29, 1.82) is 0 Å². The number of aromatic nitrogens is 2. The van der Waals surface area contributed by atoms with Gasteiger partial charge in [-0.25, -0.2) is 9.97 Å². The quantitative estimate of drug-likeness (QED) is 0.239. The van der Waals surface area contributed by atoms with E-state index in [0.29, 0.717) is 19.0 Å². The molecule has 0 saturated carbocycles. The fourth-order valence-corrected chi connectivity index (χ4v) is 3.63. The highest BCUT2D eigenvalue weighted by Crippen LogP contribution is 2.28. The molecule has 0 atom stereocenters. The van der Waals surface area contributed by atoms with Gasteiger partial charge in [-0.15, -0.1) is 0 Å². The SMILES string of the molecule is CC.CC.CN\C=C/C(=C\C(=C(/C)c1ccc(C)cc1)c1ccnc(NCc2ccc(C)c(OC)c2)n1)CN. The van der Waals surface area contributed by atoms with Crippen LogP contribution in [0.4, 0.5) is 5.95 Å². The summed E-state index contributed by atoms with van der Waals surface area (Å²) in [5.41, 5.74) is 14.5. The maximum atomic E-state index is 6.05. The molecule has 0 radical (unpaired) electrons. The zero-order valence-corrected chi connectivity index (χ0v) is 25.2. The molecule has 6 nitrogen and oxygen atoms in total. The van der Waals surface area contributed by atoms with Crippen LogP contribution in [-0.4, -0.2) is 30.7 Å². The van der Waals surface area contributed by atoms with Crippen LogP contribution in [0, 0.1) is 13.8 Å². The fourth-order valence-electron chi connectivity index (χ4n) is 3.63. The van der Waals surface area contributed by atoms with E-state index in [1.807, 2.05) is 66.1 Å². The van der Waals surface area contributed by atoms with Crippen molar-refractivity contribution in [1.82, 2.24) is 15.3 Å². The van der Waals surface area contributed by atoms with Gasteiger partial charge in [-0.3, -0.25) is 0 Å². The maximum absolute atomic E-state index is 6.05. The van der Waals surface area contributed by atoms with E-state index < -0.39 is 0 Å². The van der Waals surface area contributed by atoms with Gasteiger partial charge in [0.1, 0.15) is 5.75 Å². The summed E-state index contributed by atoms with van der Waals surface area (Å²) in [6.07, 6.45) is 7.73. The van der Waals surface area contributed by atoms with Crippen molar-refractivity contribution in [3.8, 4) is 5.75 Å². The van der Waals surface area contributed by atoms with Crippen molar-refractivity contribution >= 4 is 17.1 Å². The Kier molecular flexibility index (Phi) is 15.6. The first-order chi connectivity index (χ1) is 18.9. The number of hydrogen-bond acceptors (Lipinski definition) is 6. The predicted octanol–water partition coefficient (Wildman–Crippen LogP) is 7.32. The van der Waals surface area contributed by atoms with Crippen molar-refractivity contribution in [2.24, 2.45) is 5.73 Å². The van der Waals surface area contributed by atoms with Crippen LogP contribution in [0.3, 0.4) is 0 Å². The minimum Gasteiger partial charge on any atom is -0.496 e. The van der Waals surface area contributed by atoms with Crippen molar-refractivity contribution in [3.63, 3.8) is 0 Å². The van der Waals surface area contributed by atoms with Crippen LogP contribution in [-0.2, 0) is 6.54 Å². The molecule has 1 heterocycles. The van der Waals surface area contributed by atoms with E-state index in [4.69, 9.17) is 15.5 Å². The molecule has 1 aromatic heterocycles. The third-order valence-corrected chi connectivity index (χ3v) is 5.77. The molecule has 3 rings (SSSR count). The van der Waals surface area contributed by atoms with Crippen LogP contribution in [0.5, 0.6) is 5.75 Å². The number of allylic oxidation sites excluding steroid dienone is 3. The average Bonchev–Trinajstić information content (AvgIpc) is 2.99. The molecule has 0 aliphatic heterocycles. The van der Waals surface area contributed by atoms with Crippen molar-refractivity contribution in [2.45, 2.75) is 55.0 Å². The molecular weight excluding hydrogens is 482 g/mol. The van der Waals surface area contributed by atoms with Crippen molar-refractivity contribution in [3.05, 3.63) is 107 Å². The lowest BCUT2D eigenvalue weighted by Crippen LogP contribution is -2.06. The first kappa shape index (κ1) is 33.1. The highest BCUT2D eigenvalue weighted by Gasteiger charge is 2.10. The second kappa shape index (κ2) is 18.4. The molecular formula is C33H47N5O. The molecule has 4 N–H and O–H groups in total. The molecule has 210 valence electrons. The number of anilines is 1. The molecule has 0 saturated heterocycles. The van der Waals surface area contributed by atoms with Crippen LogP contribution >= 0.6 is 0 Å². The Morgan fingerprint density at radius 3 is 2.31 bits per heavy atom. The van der Waals surface area contributed by atoms with Crippen LogP contribution in [0.25, 0.3) is 11.1 Å². The summed E-state index contributed by atoms with van der Waals surface area (Å²) < 4.78 is 5.45. The van der Waals surface area contributed by atoms with Gasteiger partial charge in [-0.05, 0) is 79.1 Å². The summed E-state index contributed by atoms with van der Waals surface area (Å²) >= 11 is 0. The van der Waals surface area contributed by atoms with Crippen molar-refractivity contribution in [2.75, 3.05) is 26.0 Å². The van der Waals surface area contributed by atoms with Gasteiger partial charge in [0.15, 0.2) is 0 Å². The Balaban J connectivity index is 0.00000181. The molecule has 0 spiro atoms. The second-order valence-corrected chi connectivity index (χ2v) is 8.37. The molecule has 0 amide bonds. The van der Waals surface area contributed by atoms with E-state index in [-0.39, 0.29) is 0 Å². The minimum absolute atomic E-state index is 0.411. The van der Waals surface area contributed by atoms with E-state index in [1.165, 1.54) is 5.56 Å². The van der Waals surface area contributed by atoms with Gasteiger partial charge >= 0.3 is 0 Å². The van der Waals surface area contributed by atoms with Gasteiger partial charge in [0, 0.05) is 31.9 Å². The van der Waals surface area contributed by atoms with Gasteiger partial charge < -0.3 is 21.1 Å². The zero-order valence-electron chi connectivity index (χ0n) is 25.2. The average molecular weight is 530 g/mol. The van der Waals surface area contributed by atoms with Crippen LogP contribution in [0.15, 0.2) is 78.7 Å². The van der Waals surface area contributed by atoms with E-state index in [0.717, 1.165) is 44.9 Å². The second-order valence-electron chi connectivity index (χ2n) is 8.37. The number of ether oxygens (including phenoxy) is 1. The summed E-state index contributed by atoms with van der Waals surface area (Å²) in [5.74, 6) is 1.43. The summed E-state index contributed by atoms with van der Waals surface area (Å²) in [6, 6.07) is 16.6. The first-order valence-corrected chi connectivity index (χ1v) is 13.7. The van der Waals surface area contributed by atoms with E-state index >= 15 is 0 Å². The number of benzene rings is 2. The fraction of sp³-hybridized carbons (Fsp3) is 0.333. The Hall–Kier alpha value is -3.90. The number of nitrogens with two attached hydrogens (primary N) is 1. The lowest BCUT2D eigenvalue weighted by Gasteiger charge is -2.13. The number of nitrogens with one attached hydrogen (secondary N) is 2. The topological polar surface area (TPSA) is 85.1 Å². The molecule has 0 fully saturated rings. The number of nitrogens with zero attached hydrogens (tertiary/aromatic N) is 2. The van der Waals surface area contributed by atoms with Crippen molar-refractivity contribution < 1.29 is 4.74 Å². The lowest BCUT2D eigenvalue weighted by atomic mass is 9.96. The largest absolute Gasteiger partial charge is 0.496 e. The summed E-state index contributed by atoms with van der Waals surface area (Å²) in [4.78, 5) is 9.29. The molecule has 0 aliphatic rings. The van der Waals surface area contributed by atoms with Gasteiger partial charge in [-0.2, -0.15) is 0 Å². The minimum atomic E-state index is 0.411. The smallest absolute Gasteiger partial charge is 0.223 e. The number of hydrogen-bond donors (Lipinski definition) is 3. The van der Waals surface area contributed by atoms with Crippen LogP contribution in [0.2, 0.25) is 0 Å². The molecule has 39 heavy (non-hydrogen) atoms. The molecule has 2 aromatic carbocycles. The zero-order chi connectivity index (χ0) is 29.2. The Bertz CT molecular complexity index is 1230. The Morgan fingerprint density at radius 1 is 1.00 bits per heavy atom. The summed E-state index contributed by atoms with van der Waals surface area (Å²) in [6.45, 7) is 15.2. The van der Waals surface area contributed by atoms with Gasteiger partial charge in [0.25, 0.3) is 0 Å². The molecule has 0 unspecified atom stereocenters. The Labute approximate surface area is 236 Å². The molecule has 0 bridgehead atoms. The highest BCUT2D eigenvalue weighted by atomic mass is 16.5. The number of methoxy groups -OCH3 is 1. The van der Waals surface area contributed by atoms with Crippen LogP contribution < -0.4 is 21.1 Å². The third-order valence-electron chi connectivity index (χ3n) is 5.77. The lowest BCUT2D eigenvalue weighted by molar-refractivity contribution is 0.411. The van der Waals surface area contributed by atoms with E-state index in [9.17, 15) is 0 Å². The van der Waals surface area contributed by atoms with Gasteiger partial charge in [0.05, 0.1) is 12.8 Å². The van der Waals surface area contributed by atoms with Crippen LogP contribution in [0.1, 0.15) is 62.6 Å². The summed E-state index contributed by atoms with van der Waals surface area (Å²) in [5, 5.41) is 6.37. The third kappa shape index (κ3) is 10.4. The number of aryl methyl sites for hydroxylation is 2. The highest BCUT2D eigenvalue weighted by molar-refractivity contribution is 5.94. The summed E-state index contributed by atoms with van der Waals surface area (Å²) in [7, 11) is 3.55. The molecule has 3 aromatic rings. The van der Waals surface area contributed by atoms with E-state index in [1.54, 1.807) is 13.3 Å². The van der Waals surface area contributed by atoms with Gasteiger partial charge in [0.2, 0.25) is 5.95 Å². The Morgan fingerprint density at radius 2 is 1.69 bits per heavy atom. The standard InChI is InChI=1S/C29H35N5O.2C2H6/c1-20-6-10-25(11-7-20)22(3)26(16-23(18-30)12-14-31-4)27-13-15-32-29(34-27)33-19-24-9-8-21(2)28(17-24)35-5;2*1-2/h6-17,31H,18-19,30H2,1-5H3,(H,32,33,34);2*1-2H3/b14-12-,23-16+,26-22-;;.